The van der Waals surface area contributed by atoms with Crippen molar-refractivity contribution in [1.29, 1.82) is 0 Å². The van der Waals surface area contributed by atoms with Crippen LogP contribution in [0.1, 0.15) is 31.9 Å². The van der Waals surface area contributed by atoms with Gasteiger partial charge in [0.2, 0.25) is 16.8 Å². The number of guanidine groups is 1. The highest BCUT2D eigenvalue weighted by atomic mass is 127. The van der Waals surface area contributed by atoms with Crippen molar-refractivity contribution in [2.24, 2.45) is 4.99 Å². The van der Waals surface area contributed by atoms with Crippen molar-refractivity contribution in [3.8, 4) is 11.5 Å². The van der Waals surface area contributed by atoms with Crippen LogP contribution in [0.5, 0.6) is 11.5 Å². The van der Waals surface area contributed by atoms with Gasteiger partial charge in [-0.25, -0.2) is 13.1 Å². The number of nitrogens with one attached hydrogen (secondary N) is 3. The molecule has 2 aromatic carbocycles. The van der Waals surface area contributed by atoms with Crippen LogP contribution in [0.15, 0.2) is 52.4 Å². The van der Waals surface area contributed by atoms with Crippen molar-refractivity contribution in [2.45, 2.75) is 44.3 Å². The molecule has 2 aromatic rings. The second-order valence-corrected chi connectivity index (χ2v) is 9.58. The second kappa shape index (κ2) is 10.5. The van der Waals surface area contributed by atoms with Gasteiger partial charge in [-0.3, -0.25) is 4.99 Å². The lowest BCUT2D eigenvalue weighted by Gasteiger charge is -2.22. The minimum Gasteiger partial charge on any atom is -0.454 e. The van der Waals surface area contributed by atoms with E-state index in [1.54, 1.807) is 25.2 Å². The van der Waals surface area contributed by atoms with Crippen LogP contribution in [-0.4, -0.2) is 33.8 Å². The van der Waals surface area contributed by atoms with E-state index >= 15 is 0 Å². The fraction of sp³-hybridized carbons (Fsp3) is 0.381. The quantitative estimate of drug-likeness (QED) is 0.286. The molecule has 0 spiro atoms. The average molecular weight is 560 g/mol. The monoisotopic (exact) mass is 560 g/mol. The number of aliphatic imine (C=N–C) groups is 1. The molecule has 0 aliphatic carbocycles. The average Bonchev–Trinajstić information content (AvgIpc) is 3.14. The van der Waals surface area contributed by atoms with E-state index in [0.717, 1.165) is 17.1 Å². The Morgan fingerprint density at radius 3 is 2.42 bits per heavy atom. The minimum absolute atomic E-state index is 0. The number of hydrogen-bond donors (Lipinski definition) is 3. The number of sulfonamides is 1. The Balaban J connectivity index is 0.00000341. The molecule has 0 amide bonds. The molecule has 1 aliphatic rings. The predicted molar refractivity (Wildman–Crippen MR) is 132 cm³/mol. The molecule has 31 heavy (non-hydrogen) atoms. The van der Waals surface area contributed by atoms with Crippen molar-refractivity contribution in [1.82, 2.24) is 15.4 Å². The molecule has 0 bridgehead atoms. The van der Waals surface area contributed by atoms with Crippen LogP contribution in [0, 0.1) is 0 Å². The first-order chi connectivity index (χ1) is 14.2. The number of fused-ring (bicyclic) bond motifs is 1. The highest BCUT2D eigenvalue weighted by Crippen LogP contribution is 2.32. The van der Waals surface area contributed by atoms with Crippen LogP contribution < -0.4 is 24.8 Å². The second-order valence-electron chi connectivity index (χ2n) is 7.93. The van der Waals surface area contributed by atoms with E-state index < -0.39 is 15.6 Å². The van der Waals surface area contributed by atoms with Crippen LogP contribution in [0.2, 0.25) is 0 Å². The van der Waals surface area contributed by atoms with Crippen molar-refractivity contribution in [3.05, 3.63) is 53.6 Å². The van der Waals surface area contributed by atoms with Gasteiger partial charge >= 0.3 is 0 Å². The molecule has 0 unspecified atom stereocenters. The Kier molecular flexibility index (Phi) is 8.55. The highest BCUT2D eigenvalue weighted by Gasteiger charge is 2.24. The lowest BCUT2D eigenvalue weighted by molar-refractivity contribution is 0.174. The van der Waals surface area contributed by atoms with Gasteiger partial charge in [-0.2, -0.15) is 0 Å². The van der Waals surface area contributed by atoms with Crippen LogP contribution in [0.3, 0.4) is 0 Å². The van der Waals surface area contributed by atoms with E-state index in [1.807, 2.05) is 45.0 Å². The zero-order valence-electron chi connectivity index (χ0n) is 18.1. The number of halogens is 1. The maximum atomic E-state index is 12.8. The van der Waals surface area contributed by atoms with Gasteiger partial charge in [0, 0.05) is 25.7 Å². The predicted octanol–water partition coefficient (Wildman–Crippen LogP) is 2.98. The Bertz CT molecular complexity index is 1040. The lowest BCUT2D eigenvalue weighted by Crippen LogP contribution is -2.41. The molecular weight excluding hydrogens is 531 g/mol. The largest absolute Gasteiger partial charge is 0.454 e. The van der Waals surface area contributed by atoms with E-state index in [4.69, 9.17) is 9.47 Å². The van der Waals surface area contributed by atoms with E-state index in [1.165, 1.54) is 0 Å². The molecule has 1 aliphatic heterocycles. The Morgan fingerprint density at radius 1 is 1.03 bits per heavy atom. The summed E-state index contributed by atoms with van der Waals surface area (Å²) in [7, 11) is -1.97. The summed E-state index contributed by atoms with van der Waals surface area (Å²) in [4.78, 5) is 4.46. The summed E-state index contributed by atoms with van der Waals surface area (Å²) in [6.45, 7) is 6.51. The summed E-state index contributed by atoms with van der Waals surface area (Å²) >= 11 is 0. The molecule has 0 saturated heterocycles. The summed E-state index contributed by atoms with van der Waals surface area (Å²) in [6, 6.07) is 12.7. The van der Waals surface area contributed by atoms with Gasteiger partial charge in [-0.05, 0) is 50.1 Å². The molecule has 170 valence electrons. The third-order valence-corrected chi connectivity index (χ3v) is 6.13. The number of ether oxygens (including phenoxy) is 2. The van der Waals surface area contributed by atoms with Crippen molar-refractivity contribution < 1.29 is 17.9 Å². The van der Waals surface area contributed by atoms with E-state index in [9.17, 15) is 8.42 Å². The number of nitrogens with zero attached hydrogens (tertiary/aromatic N) is 1. The molecule has 0 atom stereocenters. The smallest absolute Gasteiger partial charge is 0.241 e. The topological polar surface area (TPSA) is 101 Å². The van der Waals surface area contributed by atoms with Crippen LogP contribution in [-0.2, 0) is 23.1 Å². The molecule has 1 heterocycles. The Labute approximate surface area is 200 Å². The number of benzene rings is 2. The van der Waals surface area contributed by atoms with Crippen molar-refractivity contribution in [2.75, 3.05) is 13.8 Å². The summed E-state index contributed by atoms with van der Waals surface area (Å²) in [6.07, 6.45) is 0. The Morgan fingerprint density at radius 2 is 1.71 bits per heavy atom. The lowest BCUT2D eigenvalue weighted by atomic mass is 10.1. The van der Waals surface area contributed by atoms with Crippen LogP contribution in [0.25, 0.3) is 0 Å². The minimum atomic E-state index is -3.64. The summed E-state index contributed by atoms with van der Waals surface area (Å²) in [5.41, 5.74) is 1.10. The molecule has 10 heteroatoms. The fourth-order valence-electron chi connectivity index (χ4n) is 3.01. The third-order valence-electron chi connectivity index (χ3n) is 4.27. The maximum Gasteiger partial charge on any atom is 0.241 e. The van der Waals surface area contributed by atoms with E-state index in [0.29, 0.717) is 24.6 Å². The molecule has 3 rings (SSSR count). The van der Waals surface area contributed by atoms with Gasteiger partial charge < -0.3 is 20.1 Å². The molecule has 0 fully saturated rings. The number of rotatable bonds is 6. The zero-order chi connectivity index (χ0) is 21.8. The van der Waals surface area contributed by atoms with Gasteiger partial charge in [0.05, 0.1) is 4.90 Å². The van der Waals surface area contributed by atoms with Gasteiger partial charge in [-0.15, -0.1) is 24.0 Å². The molecule has 0 saturated carbocycles. The van der Waals surface area contributed by atoms with E-state index in [-0.39, 0.29) is 35.7 Å². The third kappa shape index (κ3) is 6.97. The SMILES string of the molecule is CN=C(NCc1ccc2c(c1)OCO2)NCc1ccccc1S(=O)(=O)NC(C)(C)C.I. The number of hydrogen-bond acceptors (Lipinski definition) is 5. The summed E-state index contributed by atoms with van der Waals surface area (Å²) < 4.78 is 39.0. The van der Waals surface area contributed by atoms with Crippen molar-refractivity contribution in [3.63, 3.8) is 0 Å². The van der Waals surface area contributed by atoms with Gasteiger partial charge in [-0.1, -0.05) is 24.3 Å². The first kappa shape index (κ1) is 25.2. The standard InChI is InChI=1S/C21H28N4O4S.HI/c1-21(2,3)25-30(26,27)19-8-6-5-7-16(19)13-24-20(22-4)23-12-15-9-10-17-18(11-15)29-14-28-17;/h5-11,25H,12-14H2,1-4H3,(H2,22,23,24);1H. The maximum absolute atomic E-state index is 12.8. The van der Waals surface area contributed by atoms with Crippen LogP contribution in [0.4, 0.5) is 0 Å². The zero-order valence-corrected chi connectivity index (χ0v) is 21.2. The van der Waals surface area contributed by atoms with E-state index in [2.05, 4.69) is 20.3 Å². The molecule has 8 nitrogen and oxygen atoms in total. The first-order valence-corrected chi connectivity index (χ1v) is 11.1. The fourth-order valence-corrected chi connectivity index (χ4v) is 4.67. The Hall–Kier alpha value is -2.05. The molecule has 0 aromatic heterocycles. The van der Waals surface area contributed by atoms with Gasteiger partial charge in [0.25, 0.3) is 0 Å². The summed E-state index contributed by atoms with van der Waals surface area (Å²) in [5.74, 6) is 2.02. The molecular formula is C21H29IN4O4S. The normalized spacial score (nSPS) is 13.5. The molecule has 3 N–H and O–H groups in total. The summed E-state index contributed by atoms with van der Waals surface area (Å²) in [5, 5.41) is 6.40. The first-order valence-electron chi connectivity index (χ1n) is 9.63. The molecule has 0 radical (unpaired) electrons. The van der Waals surface area contributed by atoms with Crippen LogP contribution >= 0.6 is 24.0 Å². The van der Waals surface area contributed by atoms with Gasteiger partial charge in [0.15, 0.2) is 17.5 Å². The van der Waals surface area contributed by atoms with Crippen molar-refractivity contribution >= 4 is 40.0 Å². The highest BCUT2D eigenvalue weighted by molar-refractivity contribution is 14.0. The van der Waals surface area contributed by atoms with Gasteiger partial charge in [0.1, 0.15) is 0 Å².